The Morgan fingerprint density at radius 1 is 1.15 bits per heavy atom. The molecule has 1 unspecified atom stereocenters. The van der Waals surface area contributed by atoms with Gasteiger partial charge in [-0.05, 0) is 43.2 Å². The summed E-state index contributed by atoms with van der Waals surface area (Å²) in [4.78, 5) is 39.0. The van der Waals surface area contributed by atoms with E-state index in [2.05, 4.69) is 40.7 Å². The van der Waals surface area contributed by atoms with E-state index in [1.807, 2.05) is 41.0 Å². The van der Waals surface area contributed by atoms with Crippen LogP contribution in [0.25, 0.3) is 22.1 Å². The maximum Gasteiger partial charge on any atom is 0.327 e. The SMILES string of the molecule is O=C(Nc1cccc2[nH]ncc12)C1C=C(N2CCC(n3c(=O)[nH]c4ncccc43)CC2)NC=N1. The first kappa shape index (κ1) is 20.2. The molecule has 11 nitrogen and oxygen atoms in total. The van der Waals surface area contributed by atoms with Gasteiger partial charge in [-0.25, -0.2) is 9.78 Å². The molecule has 4 N–H and O–H groups in total. The number of nitrogens with zero attached hydrogens (tertiary/aromatic N) is 5. The van der Waals surface area contributed by atoms with Gasteiger partial charge in [-0.2, -0.15) is 5.10 Å². The Bertz CT molecular complexity index is 1490. The number of nitrogens with one attached hydrogen (secondary N) is 4. The summed E-state index contributed by atoms with van der Waals surface area (Å²) >= 11 is 0. The lowest BCUT2D eigenvalue weighted by atomic mass is 10.0. The molecule has 34 heavy (non-hydrogen) atoms. The van der Waals surface area contributed by atoms with E-state index in [0.717, 1.165) is 48.2 Å². The number of anilines is 1. The summed E-state index contributed by atoms with van der Waals surface area (Å²) in [7, 11) is 0. The Kier molecular flexibility index (Phi) is 4.86. The number of aromatic amines is 2. The number of aromatic nitrogens is 5. The van der Waals surface area contributed by atoms with Gasteiger partial charge in [-0.3, -0.25) is 24.4 Å². The third-order valence-electron chi connectivity index (χ3n) is 6.43. The van der Waals surface area contributed by atoms with Crippen LogP contribution in [0.4, 0.5) is 5.69 Å². The van der Waals surface area contributed by atoms with E-state index in [1.165, 1.54) is 0 Å². The number of aliphatic imine (C=N–C) groups is 1. The second kappa shape index (κ2) is 8.18. The maximum absolute atomic E-state index is 12.9. The van der Waals surface area contributed by atoms with E-state index >= 15 is 0 Å². The van der Waals surface area contributed by atoms with Gasteiger partial charge in [0.15, 0.2) is 11.7 Å². The number of imidazole rings is 1. The Hall–Kier alpha value is -4.41. The molecule has 172 valence electrons. The van der Waals surface area contributed by atoms with Crippen LogP contribution in [-0.2, 0) is 4.79 Å². The maximum atomic E-state index is 12.9. The van der Waals surface area contributed by atoms with Crippen LogP contribution in [0.15, 0.2) is 64.4 Å². The second-order valence-electron chi connectivity index (χ2n) is 8.43. The fourth-order valence-electron chi connectivity index (χ4n) is 4.73. The fourth-order valence-corrected chi connectivity index (χ4v) is 4.73. The Morgan fingerprint density at radius 3 is 2.91 bits per heavy atom. The van der Waals surface area contributed by atoms with E-state index in [0.29, 0.717) is 11.3 Å². The zero-order valence-corrected chi connectivity index (χ0v) is 18.2. The number of carbonyl (C=O) groups is 1. The van der Waals surface area contributed by atoms with Gasteiger partial charge in [0.25, 0.3) is 5.91 Å². The summed E-state index contributed by atoms with van der Waals surface area (Å²) < 4.78 is 1.82. The minimum absolute atomic E-state index is 0.0918. The second-order valence-corrected chi connectivity index (χ2v) is 8.43. The summed E-state index contributed by atoms with van der Waals surface area (Å²) in [6, 6.07) is 8.83. The molecule has 1 fully saturated rings. The number of carbonyl (C=O) groups excluding carboxylic acids is 1. The van der Waals surface area contributed by atoms with E-state index in [9.17, 15) is 9.59 Å². The number of amides is 1. The van der Waals surface area contributed by atoms with Gasteiger partial charge in [0.2, 0.25) is 0 Å². The molecule has 1 atom stereocenters. The first-order valence-corrected chi connectivity index (χ1v) is 11.2. The highest BCUT2D eigenvalue weighted by Crippen LogP contribution is 2.27. The molecular weight excluding hydrogens is 434 g/mol. The van der Waals surface area contributed by atoms with Crippen molar-refractivity contribution in [1.82, 2.24) is 34.9 Å². The van der Waals surface area contributed by atoms with Crippen molar-refractivity contribution in [1.29, 1.82) is 0 Å². The van der Waals surface area contributed by atoms with Gasteiger partial charge in [0.05, 0.1) is 29.3 Å². The van der Waals surface area contributed by atoms with E-state index < -0.39 is 6.04 Å². The Balaban J connectivity index is 1.15. The smallest absolute Gasteiger partial charge is 0.327 e. The van der Waals surface area contributed by atoms with Gasteiger partial charge in [0.1, 0.15) is 5.82 Å². The van der Waals surface area contributed by atoms with Crippen molar-refractivity contribution in [3.63, 3.8) is 0 Å². The first-order chi connectivity index (χ1) is 16.7. The molecule has 0 spiro atoms. The van der Waals surface area contributed by atoms with Crippen LogP contribution in [0.2, 0.25) is 0 Å². The predicted molar refractivity (Wildman–Crippen MR) is 128 cm³/mol. The van der Waals surface area contributed by atoms with Crippen LogP contribution < -0.4 is 16.3 Å². The third-order valence-corrected chi connectivity index (χ3v) is 6.43. The van der Waals surface area contributed by atoms with Gasteiger partial charge in [0, 0.05) is 30.7 Å². The number of hydrogen-bond acceptors (Lipinski definition) is 7. The zero-order chi connectivity index (χ0) is 23.1. The highest BCUT2D eigenvalue weighted by atomic mass is 16.2. The molecule has 6 rings (SSSR count). The Morgan fingerprint density at radius 2 is 2.03 bits per heavy atom. The lowest BCUT2D eigenvalue weighted by Gasteiger charge is -2.36. The number of fused-ring (bicyclic) bond motifs is 2. The summed E-state index contributed by atoms with van der Waals surface area (Å²) in [5.74, 6) is 0.639. The number of hydrogen-bond donors (Lipinski definition) is 4. The van der Waals surface area contributed by atoms with Crippen molar-refractivity contribution >= 4 is 40.0 Å². The summed E-state index contributed by atoms with van der Waals surface area (Å²) in [5, 5.41) is 13.9. The van der Waals surface area contributed by atoms with Crippen molar-refractivity contribution in [2.45, 2.75) is 24.9 Å². The van der Waals surface area contributed by atoms with Gasteiger partial charge in [-0.1, -0.05) is 6.07 Å². The molecule has 2 aliphatic heterocycles. The number of rotatable bonds is 4. The average molecular weight is 457 g/mol. The molecule has 1 amide bonds. The third kappa shape index (κ3) is 3.51. The molecular formula is C23H23N9O2. The number of H-pyrrole nitrogens is 2. The fraction of sp³-hybridized carbons (Fsp3) is 0.261. The number of piperidine rings is 1. The van der Waals surface area contributed by atoms with Crippen LogP contribution in [0.3, 0.4) is 0 Å². The topological polar surface area (TPSA) is 136 Å². The zero-order valence-electron chi connectivity index (χ0n) is 18.2. The molecule has 1 aromatic carbocycles. The first-order valence-electron chi connectivity index (χ1n) is 11.2. The van der Waals surface area contributed by atoms with Crippen LogP contribution in [0, 0.1) is 0 Å². The van der Waals surface area contributed by atoms with Crippen molar-refractivity contribution in [3.05, 3.63) is 65.1 Å². The van der Waals surface area contributed by atoms with Gasteiger partial charge >= 0.3 is 5.69 Å². The van der Waals surface area contributed by atoms with Crippen LogP contribution in [0.1, 0.15) is 18.9 Å². The summed E-state index contributed by atoms with van der Waals surface area (Å²) in [6.45, 7) is 1.50. The molecule has 0 saturated carbocycles. The lowest BCUT2D eigenvalue weighted by Crippen LogP contribution is -2.42. The number of likely N-dealkylation sites (tertiary alicyclic amines) is 1. The number of benzene rings is 1. The predicted octanol–water partition coefficient (Wildman–Crippen LogP) is 1.72. The normalized spacial score (nSPS) is 18.8. The molecule has 11 heteroatoms. The van der Waals surface area contributed by atoms with Crippen molar-refractivity contribution in [2.24, 2.45) is 4.99 Å². The highest BCUT2D eigenvalue weighted by Gasteiger charge is 2.27. The highest BCUT2D eigenvalue weighted by molar-refractivity contribution is 6.04. The van der Waals surface area contributed by atoms with Crippen LogP contribution >= 0.6 is 0 Å². The lowest BCUT2D eigenvalue weighted by molar-refractivity contribution is -0.116. The molecule has 5 heterocycles. The molecule has 0 radical (unpaired) electrons. The van der Waals surface area contributed by atoms with Gasteiger partial charge < -0.3 is 15.5 Å². The van der Waals surface area contributed by atoms with Crippen molar-refractivity contribution in [2.75, 3.05) is 18.4 Å². The van der Waals surface area contributed by atoms with E-state index in [-0.39, 0.29) is 17.6 Å². The average Bonchev–Trinajstić information content (AvgIpc) is 3.48. The van der Waals surface area contributed by atoms with Crippen LogP contribution in [-0.4, -0.2) is 61.0 Å². The Labute approximate surface area is 193 Å². The largest absolute Gasteiger partial charge is 0.358 e. The van der Waals surface area contributed by atoms with E-state index in [1.54, 1.807) is 18.7 Å². The summed E-state index contributed by atoms with van der Waals surface area (Å²) in [6.07, 6.45) is 8.38. The molecule has 2 aliphatic rings. The minimum Gasteiger partial charge on any atom is -0.358 e. The standard InChI is InChI=1S/C23H23N9O2/c33-22(28-16-3-1-4-17-15(16)12-27-30-17)18-11-20(26-13-25-18)31-9-6-14(7-10-31)32-19-5-2-8-24-21(19)29-23(32)34/h1-5,8,11-14,18H,6-7,9-10H2,(H,25,26)(H,27,30)(H,28,33)(H,24,29,34). The summed E-state index contributed by atoms with van der Waals surface area (Å²) in [5.41, 5.74) is 2.87. The molecule has 4 aromatic rings. The van der Waals surface area contributed by atoms with Crippen molar-refractivity contribution in [3.8, 4) is 0 Å². The minimum atomic E-state index is -0.640. The van der Waals surface area contributed by atoms with E-state index in [4.69, 9.17) is 0 Å². The van der Waals surface area contributed by atoms with Crippen LogP contribution in [0.5, 0.6) is 0 Å². The van der Waals surface area contributed by atoms with Crippen molar-refractivity contribution < 1.29 is 4.79 Å². The quantitative estimate of drug-likeness (QED) is 0.368. The molecule has 1 saturated heterocycles. The monoisotopic (exact) mass is 457 g/mol. The molecule has 0 aliphatic carbocycles. The van der Waals surface area contributed by atoms with Gasteiger partial charge in [-0.15, -0.1) is 0 Å². The number of pyridine rings is 1. The molecule has 0 bridgehead atoms. The molecule has 3 aromatic heterocycles.